The second-order valence-corrected chi connectivity index (χ2v) is 8.29. The fourth-order valence-electron chi connectivity index (χ4n) is 3.49. The lowest BCUT2D eigenvalue weighted by Gasteiger charge is -2.10. The van der Waals surface area contributed by atoms with E-state index in [-0.39, 0.29) is 30.7 Å². The van der Waals surface area contributed by atoms with Gasteiger partial charge in [0.2, 0.25) is 0 Å². The molecule has 0 saturated heterocycles. The maximum absolute atomic E-state index is 12.6. The molecule has 184 valence electrons. The molecule has 8 nitrogen and oxygen atoms in total. The highest BCUT2D eigenvalue weighted by atomic mass is 35.5. The fourth-order valence-corrected chi connectivity index (χ4v) is 4.42. The van der Waals surface area contributed by atoms with Crippen LogP contribution in [0.4, 0.5) is 10.9 Å². The van der Waals surface area contributed by atoms with E-state index >= 15 is 0 Å². The normalized spacial score (nSPS) is 10.2. The SMILES string of the molecule is CNC(=O)c1sc(Nc2nc(-c3cccnc3)nc3ccc(OC)cc23)nc1-c1ccccc1.Cl.Cl. The summed E-state index contributed by atoms with van der Waals surface area (Å²) in [6.45, 7) is 0. The smallest absolute Gasteiger partial charge is 0.263 e. The van der Waals surface area contributed by atoms with Gasteiger partial charge in [0.25, 0.3) is 5.91 Å². The molecule has 3 aromatic heterocycles. The number of pyridine rings is 1. The van der Waals surface area contributed by atoms with Gasteiger partial charge < -0.3 is 15.4 Å². The van der Waals surface area contributed by atoms with Crippen LogP contribution in [0.2, 0.25) is 0 Å². The van der Waals surface area contributed by atoms with Crippen LogP contribution >= 0.6 is 36.2 Å². The molecule has 36 heavy (non-hydrogen) atoms. The van der Waals surface area contributed by atoms with Gasteiger partial charge in [-0.15, -0.1) is 24.8 Å². The first kappa shape index (κ1) is 26.8. The first-order chi connectivity index (χ1) is 16.7. The van der Waals surface area contributed by atoms with Gasteiger partial charge in [0.1, 0.15) is 16.4 Å². The number of anilines is 2. The monoisotopic (exact) mass is 540 g/mol. The minimum absolute atomic E-state index is 0. The molecular formula is C25H22Cl2N6O2S. The van der Waals surface area contributed by atoms with E-state index in [9.17, 15) is 4.79 Å². The number of carbonyl (C=O) groups excluding carboxylic acids is 1. The van der Waals surface area contributed by atoms with Crippen molar-refractivity contribution in [1.29, 1.82) is 0 Å². The molecule has 2 aromatic carbocycles. The van der Waals surface area contributed by atoms with Crippen molar-refractivity contribution in [3.05, 3.63) is 77.9 Å². The number of hydrogen-bond acceptors (Lipinski definition) is 8. The average Bonchev–Trinajstić information content (AvgIpc) is 3.32. The number of ether oxygens (including phenoxy) is 1. The summed E-state index contributed by atoms with van der Waals surface area (Å²) in [4.78, 5) is 31.5. The molecule has 1 amide bonds. The summed E-state index contributed by atoms with van der Waals surface area (Å²) in [6.07, 6.45) is 3.42. The number of nitrogens with zero attached hydrogens (tertiary/aromatic N) is 4. The van der Waals surface area contributed by atoms with E-state index in [1.54, 1.807) is 26.6 Å². The molecule has 0 radical (unpaired) electrons. The van der Waals surface area contributed by atoms with Crippen molar-refractivity contribution < 1.29 is 9.53 Å². The number of carbonyl (C=O) groups is 1. The number of thiazole rings is 1. The number of aromatic nitrogens is 4. The van der Waals surface area contributed by atoms with Gasteiger partial charge in [-0.2, -0.15) is 0 Å². The highest BCUT2D eigenvalue weighted by Crippen LogP contribution is 2.35. The highest BCUT2D eigenvalue weighted by molar-refractivity contribution is 7.18. The molecule has 0 spiro atoms. The first-order valence-electron chi connectivity index (χ1n) is 10.5. The van der Waals surface area contributed by atoms with Gasteiger partial charge in [-0.3, -0.25) is 9.78 Å². The molecule has 5 rings (SSSR count). The van der Waals surface area contributed by atoms with E-state index < -0.39 is 0 Å². The van der Waals surface area contributed by atoms with E-state index in [2.05, 4.69) is 15.6 Å². The topological polar surface area (TPSA) is 102 Å². The zero-order valence-corrected chi connectivity index (χ0v) is 21.7. The fraction of sp³-hybridized carbons (Fsp3) is 0.0800. The standard InChI is InChI=1S/C25H20N6O2S.2ClH/c1-26-24(32)21-20(15-7-4-3-5-8-15)29-25(34-21)31-23-18-13-17(33-2)10-11-19(18)28-22(30-23)16-9-6-12-27-14-16;;/h3-14H,1-2H3,(H,26,32)(H,28,29,30,31);2*1H. The van der Waals surface area contributed by atoms with Crippen LogP contribution in [0.5, 0.6) is 5.75 Å². The number of fused-ring (bicyclic) bond motifs is 1. The Labute approximate surface area is 224 Å². The van der Waals surface area contributed by atoms with Crippen LogP contribution in [-0.2, 0) is 0 Å². The van der Waals surface area contributed by atoms with Crippen LogP contribution in [0.15, 0.2) is 73.1 Å². The number of halogens is 2. The second kappa shape index (κ2) is 11.8. The molecule has 0 aliphatic rings. The Morgan fingerprint density at radius 3 is 2.42 bits per heavy atom. The molecule has 11 heteroatoms. The Morgan fingerprint density at radius 1 is 0.944 bits per heavy atom. The van der Waals surface area contributed by atoms with E-state index in [4.69, 9.17) is 19.7 Å². The third-order valence-corrected chi connectivity index (χ3v) is 6.13. The minimum atomic E-state index is -0.199. The van der Waals surface area contributed by atoms with Crippen molar-refractivity contribution in [2.24, 2.45) is 0 Å². The number of nitrogens with one attached hydrogen (secondary N) is 2. The molecule has 0 aliphatic carbocycles. The number of methoxy groups -OCH3 is 1. The lowest BCUT2D eigenvalue weighted by atomic mass is 10.1. The Morgan fingerprint density at radius 2 is 1.72 bits per heavy atom. The third kappa shape index (κ3) is 5.38. The van der Waals surface area contributed by atoms with E-state index in [1.807, 2.05) is 60.7 Å². The predicted octanol–water partition coefficient (Wildman–Crippen LogP) is 5.77. The van der Waals surface area contributed by atoms with Crippen molar-refractivity contribution in [1.82, 2.24) is 25.3 Å². The van der Waals surface area contributed by atoms with Crippen molar-refractivity contribution in [2.45, 2.75) is 0 Å². The Hall–Kier alpha value is -3.79. The highest BCUT2D eigenvalue weighted by Gasteiger charge is 2.20. The Kier molecular flexibility index (Phi) is 8.76. The van der Waals surface area contributed by atoms with Gasteiger partial charge in [-0.05, 0) is 30.3 Å². The zero-order chi connectivity index (χ0) is 23.5. The third-order valence-electron chi connectivity index (χ3n) is 5.16. The lowest BCUT2D eigenvalue weighted by molar-refractivity contribution is 0.0967. The van der Waals surface area contributed by atoms with Gasteiger partial charge in [0.15, 0.2) is 11.0 Å². The summed E-state index contributed by atoms with van der Waals surface area (Å²) in [5, 5.41) is 7.32. The number of hydrogen-bond donors (Lipinski definition) is 2. The summed E-state index contributed by atoms with van der Waals surface area (Å²) < 4.78 is 5.41. The summed E-state index contributed by atoms with van der Waals surface area (Å²) in [5.74, 6) is 1.57. The van der Waals surface area contributed by atoms with Gasteiger partial charge in [-0.1, -0.05) is 41.7 Å². The summed E-state index contributed by atoms with van der Waals surface area (Å²) in [7, 11) is 3.22. The average molecular weight is 541 g/mol. The predicted molar refractivity (Wildman–Crippen MR) is 148 cm³/mol. The molecule has 0 atom stereocenters. The summed E-state index contributed by atoms with van der Waals surface area (Å²) in [6, 6.07) is 19.0. The van der Waals surface area contributed by atoms with E-state index in [0.717, 1.165) is 22.0 Å². The number of benzene rings is 2. The van der Waals surface area contributed by atoms with Crippen molar-refractivity contribution >= 4 is 63.9 Å². The van der Waals surface area contributed by atoms with E-state index in [1.165, 1.54) is 11.3 Å². The van der Waals surface area contributed by atoms with Gasteiger partial charge in [0, 0.05) is 36.0 Å². The summed E-state index contributed by atoms with van der Waals surface area (Å²) >= 11 is 1.26. The van der Waals surface area contributed by atoms with Crippen molar-refractivity contribution in [2.75, 3.05) is 19.5 Å². The van der Waals surface area contributed by atoms with Crippen molar-refractivity contribution in [3.63, 3.8) is 0 Å². The molecule has 5 aromatic rings. The largest absolute Gasteiger partial charge is 0.497 e. The maximum Gasteiger partial charge on any atom is 0.263 e. The zero-order valence-electron chi connectivity index (χ0n) is 19.3. The second-order valence-electron chi connectivity index (χ2n) is 7.29. The van der Waals surface area contributed by atoms with Crippen LogP contribution in [0.25, 0.3) is 33.5 Å². The molecule has 0 fully saturated rings. The molecule has 0 aliphatic heterocycles. The molecule has 0 unspecified atom stereocenters. The Bertz CT molecular complexity index is 1480. The van der Waals surface area contributed by atoms with Gasteiger partial charge in [-0.25, -0.2) is 15.0 Å². The van der Waals surface area contributed by atoms with Crippen LogP contribution in [-0.4, -0.2) is 40.0 Å². The molecule has 2 N–H and O–H groups in total. The van der Waals surface area contributed by atoms with Crippen LogP contribution < -0.4 is 15.4 Å². The molecule has 3 heterocycles. The van der Waals surface area contributed by atoms with Crippen molar-refractivity contribution in [3.8, 4) is 28.4 Å². The van der Waals surface area contributed by atoms with Gasteiger partial charge >= 0.3 is 0 Å². The first-order valence-corrected chi connectivity index (χ1v) is 11.3. The van der Waals surface area contributed by atoms with Crippen LogP contribution in [0.3, 0.4) is 0 Å². The molecule has 0 bridgehead atoms. The molecular weight excluding hydrogens is 519 g/mol. The number of amides is 1. The minimum Gasteiger partial charge on any atom is -0.497 e. The van der Waals surface area contributed by atoms with Gasteiger partial charge in [0.05, 0.1) is 18.3 Å². The summed E-state index contributed by atoms with van der Waals surface area (Å²) in [5.41, 5.74) is 2.99. The molecule has 0 saturated carbocycles. The maximum atomic E-state index is 12.6. The van der Waals surface area contributed by atoms with Crippen LogP contribution in [0, 0.1) is 0 Å². The Balaban J connectivity index is 0.00000180. The van der Waals surface area contributed by atoms with Crippen LogP contribution in [0.1, 0.15) is 9.67 Å². The quantitative estimate of drug-likeness (QED) is 0.281. The lowest BCUT2D eigenvalue weighted by Crippen LogP contribution is -2.17. The number of rotatable bonds is 6. The van der Waals surface area contributed by atoms with E-state index in [0.29, 0.717) is 33.1 Å².